The van der Waals surface area contributed by atoms with Gasteiger partial charge in [0, 0.05) is 36.7 Å². The van der Waals surface area contributed by atoms with E-state index in [0.29, 0.717) is 23.9 Å². The molecule has 1 aliphatic heterocycles. The Morgan fingerprint density at radius 2 is 1.80 bits per heavy atom. The van der Waals surface area contributed by atoms with Crippen molar-refractivity contribution in [3.05, 3.63) is 34.9 Å². The molecule has 0 amide bonds. The number of nitrogens with zero attached hydrogens (tertiary/aromatic N) is 1. The fraction of sp³-hybridized carbons (Fsp3) is 0.647. The number of nitrogens with one attached hydrogen (secondary N) is 1. The van der Waals surface area contributed by atoms with E-state index in [2.05, 4.69) is 50.0 Å². The molecule has 1 N–H and O–H groups in total. The summed E-state index contributed by atoms with van der Waals surface area (Å²) < 4.78 is 0. The van der Waals surface area contributed by atoms with Crippen LogP contribution in [0.2, 0.25) is 5.02 Å². The van der Waals surface area contributed by atoms with Crippen molar-refractivity contribution in [1.82, 2.24) is 10.2 Å². The summed E-state index contributed by atoms with van der Waals surface area (Å²) in [5.74, 6) is 1.35. The highest BCUT2D eigenvalue weighted by Gasteiger charge is 2.30. The molecule has 0 aliphatic carbocycles. The van der Waals surface area contributed by atoms with Crippen LogP contribution in [-0.2, 0) is 6.54 Å². The van der Waals surface area contributed by atoms with E-state index >= 15 is 0 Å². The van der Waals surface area contributed by atoms with Crippen LogP contribution in [0.4, 0.5) is 0 Å². The lowest BCUT2D eigenvalue weighted by molar-refractivity contribution is 0.0784. The molecule has 0 aromatic heterocycles. The highest BCUT2D eigenvalue weighted by molar-refractivity contribution is 6.30. The Bertz CT molecular complexity index is 414. The highest BCUT2D eigenvalue weighted by Crippen LogP contribution is 2.21. The fourth-order valence-corrected chi connectivity index (χ4v) is 3.09. The largest absolute Gasteiger partial charge is 0.311 e. The smallest absolute Gasteiger partial charge is 0.0406 e. The summed E-state index contributed by atoms with van der Waals surface area (Å²) in [7, 11) is 0. The second kappa shape index (κ2) is 6.93. The molecular formula is C17H27ClN2. The quantitative estimate of drug-likeness (QED) is 0.909. The molecular weight excluding hydrogens is 268 g/mol. The molecule has 2 rings (SSSR count). The van der Waals surface area contributed by atoms with Gasteiger partial charge < -0.3 is 5.32 Å². The predicted molar refractivity (Wildman–Crippen MR) is 87.1 cm³/mol. The van der Waals surface area contributed by atoms with E-state index in [0.717, 1.165) is 24.7 Å². The van der Waals surface area contributed by atoms with E-state index < -0.39 is 0 Å². The number of hydrogen-bond acceptors (Lipinski definition) is 2. The van der Waals surface area contributed by atoms with Crippen LogP contribution < -0.4 is 5.32 Å². The van der Waals surface area contributed by atoms with Crippen LogP contribution in [0.15, 0.2) is 24.3 Å². The lowest BCUT2D eigenvalue weighted by atomic mass is 9.94. The first-order valence-corrected chi connectivity index (χ1v) is 8.07. The second-order valence-corrected chi connectivity index (χ2v) is 7.06. The van der Waals surface area contributed by atoms with Crippen LogP contribution in [0.5, 0.6) is 0 Å². The third-order valence-electron chi connectivity index (χ3n) is 4.36. The number of hydrogen-bond donors (Lipinski definition) is 1. The van der Waals surface area contributed by atoms with E-state index in [-0.39, 0.29) is 0 Å². The van der Waals surface area contributed by atoms with Crippen LogP contribution in [-0.4, -0.2) is 30.1 Å². The van der Waals surface area contributed by atoms with Crippen molar-refractivity contribution >= 4 is 11.6 Å². The topological polar surface area (TPSA) is 15.3 Å². The molecule has 2 unspecified atom stereocenters. The van der Waals surface area contributed by atoms with Gasteiger partial charge in [-0.15, -0.1) is 0 Å². The minimum Gasteiger partial charge on any atom is -0.311 e. The Morgan fingerprint density at radius 1 is 1.15 bits per heavy atom. The number of piperazine rings is 1. The normalized spacial score (nSPS) is 24.6. The minimum absolute atomic E-state index is 0.595. The van der Waals surface area contributed by atoms with E-state index in [1.165, 1.54) is 5.56 Å². The van der Waals surface area contributed by atoms with Gasteiger partial charge in [0.05, 0.1) is 0 Å². The van der Waals surface area contributed by atoms with Crippen molar-refractivity contribution in [1.29, 1.82) is 0 Å². The Labute approximate surface area is 128 Å². The zero-order valence-electron chi connectivity index (χ0n) is 13.1. The first-order valence-electron chi connectivity index (χ1n) is 7.69. The zero-order valence-corrected chi connectivity index (χ0v) is 13.8. The molecule has 1 saturated heterocycles. The number of benzene rings is 1. The first kappa shape index (κ1) is 15.8. The molecule has 0 saturated carbocycles. The molecule has 1 aromatic rings. The van der Waals surface area contributed by atoms with Crippen molar-refractivity contribution in [3.63, 3.8) is 0 Å². The molecule has 2 atom stereocenters. The van der Waals surface area contributed by atoms with Crippen molar-refractivity contribution in [3.8, 4) is 0 Å². The van der Waals surface area contributed by atoms with Crippen LogP contribution in [0, 0.1) is 11.8 Å². The maximum atomic E-state index is 5.97. The molecule has 20 heavy (non-hydrogen) atoms. The molecule has 1 aromatic carbocycles. The molecule has 1 aliphatic rings. The van der Waals surface area contributed by atoms with Crippen molar-refractivity contribution < 1.29 is 0 Å². The summed E-state index contributed by atoms with van der Waals surface area (Å²) in [6, 6.07) is 9.48. The summed E-state index contributed by atoms with van der Waals surface area (Å²) in [4.78, 5) is 2.63. The fourth-order valence-electron chi connectivity index (χ4n) is 2.96. The van der Waals surface area contributed by atoms with Gasteiger partial charge in [0.2, 0.25) is 0 Å². The van der Waals surface area contributed by atoms with Crippen LogP contribution in [0.25, 0.3) is 0 Å². The van der Waals surface area contributed by atoms with Gasteiger partial charge >= 0.3 is 0 Å². The van der Waals surface area contributed by atoms with Gasteiger partial charge in [-0.1, -0.05) is 51.4 Å². The Balaban J connectivity index is 2.08. The van der Waals surface area contributed by atoms with Gasteiger partial charge in [0.1, 0.15) is 0 Å². The summed E-state index contributed by atoms with van der Waals surface area (Å²) in [5, 5.41) is 4.53. The lowest BCUT2D eigenvalue weighted by Gasteiger charge is -2.43. The second-order valence-electron chi connectivity index (χ2n) is 6.63. The van der Waals surface area contributed by atoms with Gasteiger partial charge in [-0.25, -0.2) is 0 Å². The molecule has 2 nitrogen and oxygen atoms in total. The molecule has 1 fully saturated rings. The van der Waals surface area contributed by atoms with Crippen LogP contribution in [0.1, 0.15) is 33.3 Å². The van der Waals surface area contributed by atoms with E-state index in [1.807, 2.05) is 12.1 Å². The molecule has 0 radical (unpaired) electrons. The van der Waals surface area contributed by atoms with Gasteiger partial charge in [-0.05, 0) is 29.5 Å². The van der Waals surface area contributed by atoms with E-state index in [9.17, 15) is 0 Å². The number of halogens is 1. The Kier molecular flexibility index (Phi) is 5.48. The maximum Gasteiger partial charge on any atom is 0.0406 e. The molecule has 112 valence electrons. The maximum absolute atomic E-state index is 5.97. The van der Waals surface area contributed by atoms with E-state index in [1.54, 1.807) is 0 Å². The van der Waals surface area contributed by atoms with E-state index in [4.69, 9.17) is 11.6 Å². The number of rotatable bonds is 4. The molecule has 1 heterocycles. The molecule has 3 heteroatoms. The average Bonchev–Trinajstić information content (AvgIpc) is 2.41. The van der Waals surface area contributed by atoms with Crippen molar-refractivity contribution in [2.75, 3.05) is 13.1 Å². The third kappa shape index (κ3) is 3.97. The van der Waals surface area contributed by atoms with Gasteiger partial charge in [0.25, 0.3) is 0 Å². The van der Waals surface area contributed by atoms with Crippen LogP contribution in [0.3, 0.4) is 0 Å². The SMILES string of the molecule is CC(C)C1CN(Cc2ccc(Cl)cc2)C(C(C)C)CN1. The average molecular weight is 295 g/mol. The monoisotopic (exact) mass is 294 g/mol. The standard InChI is InChI=1S/C17H27ClN2/c1-12(2)16-11-20(17(9-19-16)13(3)4)10-14-5-7-15(18)8-6-14/h5-8,12-13,16-17,19H,9-11H2,1-4H3. The molecule has 0 spiro atoms. The minimum atomic E-state index is 0.595. The summed E-state index contributed by atoms with van der Waals surface area (Å²) in [5.41, 5.74) is 1.35. The van der Waals surface area contributed by atoms with Crippen LogP contribution >= 0.6 is 11.6 Å². The van der Waals surface area contributed by atoms with Gasteiger partial charge in [-0.2, -0.15) is 0 Å². The highest BCUT2D eigenvalue weighted by atomic mass is 35.5. The first-order chi connectivity index (χ1) is 9.47. The predicted octanol–water partition coefficient (Wildman–Crippen LogP) is 3.79. The summed E-state index contributed by atoms with van der Waals surface area (Å²) in [6.07, 6.45) is 0. The zero-order chi connectivity index (χ0) is 14.7. The van der Waals surface area contributed by atoms with Gasteiger partial charge in [-0.3, -0.25) is 4.90 Å². The van der Waals surface area contributed by atoms with Crippen molar-refractivity contribution in [2.45, 2.75) is 46.3 Å². The van der Waals surface area contributed by atoms with Crippen molar-refractivity contribution in [2.24, 2.45) is 11.8 Å². The molecule has 0 bridgehead atoms. The third-order valence-corrected chi connectivity index (χ3v) is 4.61. The lowest BCUT2D eigenvalue weighted by Crippen LogP contribution is -2.59. The van der Waals surface area contributed by atoms with Gasteiger partial charge in [0.15, 0.2) is 0 Å². The Hall–Kier alpha value is -0.570. The summed E-state index contributed by atoms with van der Waals surface area (Å²) in [6.45, 7) is 12.5. The Morgan fingerprint density at radius 3 is 2.35 bits per heavy atom. The summed E-state index contributed by atoms with van der Waals surface area (Å²) >= 11 is 5.97.